The predicted octanol–water partition coefficient (Wildman–Crippen LogP) is 3.76. The summed E-state index contributed by atoms with van der Waals surface area (Å²) in [5, 5.41) is 0. The number of benzene rings is 1. The van der Waals surface area contributed by atoms with Crippen LogP contribution < -0.4 is 5.43 Å². The summed E-state index contributed by atoms with van der Waals surface area (Å²) in [7, 11) is 0. The van der Waals surface area contributed by atoms with Crippen LogP contribution in [0, 0.1) is 29.1 Å². The normalized spacial score (nSPS) is 11.8. The van der Waals surface area contributed by atoms with Crippen molar-refractivity contribution >= 4 is 0 Å². The predicted molar refractivity (Wildman–Crippen MR) is 57.3 cm³/mol. The molecule has 118 valence electrons. The van der Waals surface area contributed by atoms with Gasteiger partial charge in [0, 0.05) is 12.1 Å². The zero-order valence-corrected chi connectivity index (χ0v) is 10.1. The van der Waals surface area contributed by atoms with Crippen LogP contribution in [0.5, 0.6) is 0 Å². The summed E-state index contributed by atoms with van der Waals surface area (Å²) >= 11 is 0. The first kappa shape index (κ1) is 16.0. The van der Waals surface area contributed by atoms with Crippen molar-refractivity contribution in [1.82, 2.24) is 4.98 Å². The highest BCUT2D eigenvalue weighted by Gasteiger charge is 2.34. The molecular weight excluding hydrogens is 326 g/mol. The Kier molecular flexibility index (Phi) is 3.71. The van der Waals surface area contributed by atoms with Gasteiger partial charge in [-0.25, -0.2) is 22.0 Å². The summed E-state index contributed by atoms with van der Waals surface area (Å²) in [5.41, 5.74) is -5.86. The lowest BCUT2D eigenvalue weighted by molar-refractivity contribution is -0.141. The Labute approximate surface area is 116 Å². The summed E-state index contributed by atoms with van der Waals surface area (Å²) in [6.45, 7) is 0. The van der Waals surface area contributed by atoms with Gasteiger partial charge >= 0.3 is 6.18 Å². The van der Waals surface area contributed by atoms with Crippen LogP contribution in [0.2, 0.25) is 0 Å². The van der Waals surface area contributed by atoms with E-state index in [2.05, 4.69) is 0 Å². The highest BCUT2D eigenvalue weighted by Crippen LogP contribution is 2.32. The lowest BCUT2D eigenvalue weighted by Gasteiger charge is -2.11. The molecule has 10 heteroatoms. The molecule has 0 unspecified atom stereocenters. The Morgan fingerprint density at radius 3 is 1.68 bits per heavy atom. The number of halogens is 8. The van der Waals surface area contributed by atoms with Gasteiger partial charge in [-0.15, -0.1) is 0 Å². The molecule has 0 atom stereocenters. The van der Waals surface area contributed by atoms with E-state index in [1.807, 2.05) is 0 Å². The first-order valence-corrected chi connectivity index (χ1v) is 5.37. The van der Waals surface area contributed by atoms with E-state index < -0.39 is 57.6 Å². The highest BCUT2D eigenvalue weighted by molar-refractivity contribution is 5.61. The van der Waals surface area contributed by atoms with Crippen molar-refractivity contribution in [2.75, 3.05) is 0 Å². The first-order valence-electron chi connectivity index (χ1n) is 5.37. The SMILES string of the molecule is O=c1cc(-c2c(F)c(F)c(F)c(F)c2F)[nH]c(C(F)(F)F)c1. The van der Waals surface area contributed by atoms with Gasteiger partial charge in [-0.2, -0.15) is 13.2 Å². The second-order valence-corrected chi connectivity index (χ2v) is 4.09. The number of alkyl halides is 3. The number of nitrogens with one attached hydrogen (secondary N) is 1. The van der Waals surface area contributed by atoms with E-state index in [0.717, 1.165) is 0 Å². The molecule has 0 saturated carbocycles. The van der Waals surface area contributed by atoms with E-state index in [-0.39, 0.29) is 12.1 Å². The molecule has 0 fully saturated rings. The maximum Gasteiger partial charge on any atom is 0.431 e. The second-order valence-electron chi connectivity index (χ2n) is 4.09. The quantitative estimate of drug-likeness (QED) is 0.482. The standard InChI is InChI=1S/C12H3F8NO/c13-7-6(8(14)10(16)11(17)9(7)15)4-1-3(22)2-5(21-4)12(18,19)20/h1-2H,(H,21,22). The molecule has 0 amide bonds. The van der Waals surface area contributed by atoms with Crippen LogP contribution in [0.3, 0.4) is 0 Å². The minimum atomic E-state index is -5.08. The molecule has 0 aliphatic carbocycles. The maximum absolute atomic E-state index is 13.5. The van der Waals surface area contributed by atoms with Gasteiger partial charge in [0.2, 0.25) is 5.82 Å². The van der Waals surface area contributed by atoms with Gasteiger partial charge in [0.1, 0.15) is 5.69 Å². The molecule has 2 nitrogen and oxygen atoms in total. The minimum absolute atomic E-state index is 0.0789. The number of aromatic nitrogens is 1. The molecule has 1 aromatic carbocycles. The minimum Gasteiger partial charge on any atom is -0.351 e. The van der Waals surface area contributed by atoms with Gasteiger partial charge in [0.05, 0.1) is 11.3 Å². The van der Waals surface area contributed by atoms with Crippen molar-refractivity contribution in [3.05, 3.63) is 57.1 Å². The van der Waals surface area contributed by atoms with E-state index in [0.29, 0.717) is 0 Å². The van der Waals surface area contributed by atoms with E-state index in [9.17, 15) is 39.9 Å². The molecule has 2 aromatic rings. The van der Waals surface area contributed by atoms with Gasteiger partial charge < -0.3 is 4.98 Å². The van der Waals surface area contributed by atoms with Crippen molar-refractivity contribution in [2.45, 2.75) is 6.18 Å². The fourth-order valence-corrected chi connectivity index (χ4v) is 1.67. The molecule has 0 radical (unpaired) electrons. The van der Waals surface area contributed by atoms with Crippen LogP contribution in [0.15, 0.2) is 16.9 Å². The molecule has 0 aliphatic heterocycles. The lowest BCUT2D eigenvalue weighted by Crippen LogP contribution is -2.15. The second kappa shape index (κ2) is 5.11. The average Bonchev–Trinajstić information content (AvgIpc) is 2.42. The maximum atomic E-state index is 13.5. The molecular formula is C12H3F8NO. The van der Waals surface area contributed by atoms with E-state index >= 15 is 0 Å². The highest BCUT2D eigenvalue weighted by atomic mass is 19.4. The molecule has 0 aliphatic rings. The summed E-state index contributed by atoms with van der Waals surface area (Å²) in [6, 6.07) is 0.364. The number of pyridine rings is 1. The van der Waals surface area contributed by atoms with E-state index in [1.165, 1.54) is 4.98 Å². The number of aromatic amines is 1. The third-order valence-corrected chi connectivity index (χ3v) is 2.63. The Hall–Kier alpha value is -2.39. The number of hydrogen-bond acceptors (Lipinski definition) is 1. The number of H-pyrrole nitrogens is 1. The molecule has 1 N–H and O–H groups in total. The molecule has 22 heavy (non-hydrogen) atoms. The van der Waals surface area contributed by atoms with Crippen molar-refractivity contribution in [2.24, 2.45) is 0 Å². The van der Waals surface area contributed by atoms with Crippen LogP contribution in [0.4, 0.5) is 35.1 Å². The van der Waals surface area contributed by atoms with Crippen molar-refractivity contribution in [1.29, 1.82) is 0 Å². The smallest absolute Gasteiger partial charge is 0.351 e. The molecule has 0 bridgehead atoms. The summed E-state index contributed by atoms with van der Waals surface area (Å²) in [5.74, 6) is -11.9. The fourth-order valence-electron chi connectivity index (χ4n) is 1.67. The Morgan fingerprint density at radius 1 is 0.773 bits per heavy atom. The third kappa shape index (κ3) is 2.55. The Bertz CT molecular complexity index is 779. The molecule has 2 rings (SSSR count). The van der Waals surface area contributed by atoms with Gasteiger partial charge in [-0.05, 0) is 0 Å². The molecule has 0 saturated heterocycles. The van der Waals surface area contributed by atoms with Crippen LogP contribution in [-0.2, 0) is 6.18 Å². The van der Waals surface area contributed by atoms with E-state index in [4.69, 9.17) is 0 Å². The van der Waals surface area contributed by atoms with Gasteiger partial charge in [-0.1, -0.05) is 0 Å². The largest absolute Gasteiger partial charge is 0.431 e. The van der Waals surface area contributed by atoms with E-state index in [1.54, 1.807) is 0 Å². The van der Waals surface area contributed by atoms with Crippen molar-refractivity contribution < 1.29 is 35.1 Å². The van der Waals surface area contributed by atoms with Crippen LogP contribution in [0.1, 0.15) is 5.69 Å². The summed E-state index contributed by atoms with van der Waals surface area (Å²) in [4.78, 5) is 12.6. The fraction of sp³-hybridized carbons (Fsp3) is 0.0833. The molecule has 0 spiro atoms. The topological polar surface area (TPSA) is 32.9 Å². The van der Waals surface area contributed by atoms with Crippen LogP contribution >= 0.6 is 0 Å². The van der Waals surface area contributed by atoms with Crippen molar-refractivity contribution in [3.8, 4) is 11.3 Å². The van der Waals surface area contributed by atoms with Gasteiger partial charge in [0.15, 0.2) is 28.7 Å². The number of hydrogen-bond donors (Lipinski definition) is 1. The Morgan fingerprint density at radius 2 is 1.23 bits per heavy atom. The average molecular weight is 329 g/mol. The summed E-state index contributed by atoms with van der Waals surface area (Å²) < 4.78 is 104. The lowest BCUT2D eigenvalue weighted by atomic mass is 10.1. The van der Waals surface area contributed by atoms with Gasteiger partial charge in [0.25, 0.3) is 0 Å². The molecule has 1 heterocycles. The zero-order valence-electron chi connectivity index (χ0n) is 10.1. The molecule has 1 aromatic heterocycles. The van der Waals surface area contributed by atoms with Crippen LogP contribution in [-0.4, -0.2) is 4.98 Å². The number of rotatable bonds is 1. The van der Waals surface area contributed by atoms with Crippen LogP contribution in [0.25, 0.3) is 11.3 Å². The summed E-state index contributed by atoms with van der Waals surface area (Å²) in [6.07, 6.45) is -5.08. The van der Waals surface area contributed by atoms with Crippen molar-refractivity contribution in [3.63, 3.8) is 0 Å². The first-order chi connectivity index (χ1) is 10.0. The monoisotopic (exact) mass is 329 g/mol. The van der Waals surface area contributed by atoms with Gasteiger partial charge in [-0.3, -0.25) is 4.79 Å². The zero-order chi connectivity index (χ0) is 16.8. The Balaban J connectivity index is 2.84. The third-order valence-electron chi connectivity index (χ3n) is 2.63.